The fourth-order valence-electron chi connectivity index (χ4n) is 1.27. The molecule has 2 aromatic heterocycles. The molecule has 2 rings (SSSR count). The highest BCUT2D eigenvalue weighted by Gasteiger charge is 2.16. The van der Waals surface area contributed by atoms with Crippen molar-refractivity contribution >= 4 is 27.5 Å². The van der Waals surface area contributed by atoms with Crippen molar-refractivity contribution < 1.29 is 9.53 Å². The van der Waals surface area contributed by atoms with Crippen LogP contribution in [0, 0.1) is 0 Å². The van der Waals surface area contributed by atoms with Crippen LogP contribution in [-0.2, 0) is 4.74 Å². The van der Waals surface area contributed by atoms with E-state index in [4.69, 9.17) is 4.74 Å². The maximum Gasteiger partial charge on any atom is 0.343 e. The largest absolute Gasteiger partial charge is 0.459 e. The van der Waals surface area contributed by atoms with Crippen molar-refractivity contribution in [2.75, 3.05) is 0 Å². The summed E-state index contributed by atoms with van der Waals surface area (Å²) in [4.78, 5) is 15.8. The van der Waals surface area contributed by atoms with Gasteiger partial charge in [-0.15, -0.1) is 0 Å². The van der Waals surface area contributed by atoms with Gasteiger partial charge in [0, 0.05) is 12.4 Å². The number of carbonyl (C=O) groups excluding carboxylic acids is 1. The Labute approximate surface area is 101 Å². The lowest BCUT2D eigenvalue weighted by Crippen LogP contribution is -2.11. The van der Waals surface area contributed by atoms with Gasteiger partial charge in [0.1, 0.15) is 5.56 Å². The fraction of sp³-hybridized carbons (Fsp3) is 0.300. The Hall–Kier alpha value is -1.43. The molecular weight excluding hydrogens is 274 g/mol. The Kier molecular flexibility index (Phi) is 2.91. The number of aromatic nitrogens is 3. The number of ether oxygens (including phenoxy) is 1. The molecule has 0 atom stereocenters. The molecule has 6 heteroatoms. The van der Waals surface area contributed by atoms with Crippen molar-refractivity contribution in [3.8, 4) is 0 Å². The quantitative estimate of drug-likeness (QED) is 0.792. The summed E-state index contributed by atoms with van der Waals surface area (Å²) < 4.78 is 7.42. The molecule has 0 aliphatic heterocycles. The van der Waals surface area contributed by atoms with Crippen LogP contribution >= 0.6 is 15.9 Å². The van der Waals surface area contributed by atoms with Crippen LogP contribution < -0.4 is 0 Å². The molecule has 0 saturated carbocycles. The van der Waals surface area contributed by atoms with E-state index in [1.54, 1.807) is 26.2 Å². The van der Waals surface area contributed by atoms with Gasteiger partial charge in [0.25, 0.3) is 0 Å². The molecule has 2 aromatic rings. The van der Waals surface area contributed by atoms with Crippen molar-refractivity contribution in [3.05, 3.63) is 28.6 Å². The maximum atomic E-state index is 11.7. The summed E-state index contributed by atoms with van der Waals surface area (Å²) in [6, 6.07) is 0. The lowest BCUT2D eigenvalue weighted by atomic mass is 10.3. The molecule has 0 spiro atoms. The molecule has 0 fully saturated rings. The predicted octanol–water partition coefficient (Wildman–Crippen LogP) is 2.06. The fourth-order valence-corrected chi connectivity index (χ4v) is 1.57. The van der Waals surface area contributed by atoms with Gasteiger partial charge in [-0.1, -0.05) is 0 Å². The van der Waals surface area contributed by atoms with E-state index in [-0.39, 0.29) is 6.10 Å². The summed E-state index contributed by atoms with van der Waals surface area (Å²) in [7, 11) is 0. The summed E-state index contributed by atoms with van der Waals surface area (Å²) in [5.41, 5.74) is 0.870. The predicted molar refractivity (Wildman–Crippen MR) is 61.2 cm³/mol. The summed E-state index contributed by atoms with van der Waals surface area (Å²) in [5.74, 6) is -0.403. The van der Waals surface area contributed by atoms with E-state index in [9.17, 15) is 4.79 Å². The number of nitrogens with zero attached hydrogens (tertiary/aromatic N) is 3. The third kappa shape index (κ3) is 2.06. The number of esters is 1. The average molecular weight is 284 g/mol. The molecule has 0 amide bonds. The SMILES string of the molecule is CC(C)OC(=O)c1cnn2cc(Br)cnc12. The van der Waals surface area contributed by atoms with E-state index in [0.29, 0.717) is 11.2 Å². The molecule has 2 heterocycles. The zero-order valence-corrected chi connectivity index (χ0v) is 10.4. The second-order valence-electron chi connectivity index (χ2n) is 3.55. The van der Waals surface area contributed by atoms with E-state index in [2.05, 4.69) is 26.0 Å². The molecular formula is C10H10BrN3O2. The molecule has 84 valence electrons. The minimum atomic E-state index is -0.403. The van der Waals surface area contributed by atoms with Crippen LogP contribution in [0.1, 0.15) is 24.2 Å². The lowest BCUT2D eigenvalue weighted by Gasteiger charge is -2.05. The molecule has 0 aliphatic rings. The van der Waals surface area contributed by atoms with E-state index < -0.39 is 5.97 Å². The van der Waals surface area contributed by atoms with E-state index in [0.717, 1.165) is 4.47 Å². The standard InChI is InChI=1S/C10H10BrN3O2/c1-6(2)16-10(15)8-4-13-14-5-7(11)3-12-9(8)14/h3-6H,1-2H3. The Morgan fingerprint density at radius 1 is 1.50 bits per heavy atom. The van der Waals surface area contributed by atoms with Gasteiger partial charge in [-0.25, -0.2) is 14.3 Å². The van der Waals surface area contributed by atoms with Gasteiger partial charge >= 0.3 is 5.97 Å². The molecule has 16 heavy (non-hydrogen) atoms. The van der Waals surface area contributed by atoms with Gasteiger partial charge in [0.2, 0.25) is 0 Å². The Bertz CT molecular complexity index is 536. The molecule has 0 saturated heterocycles. The summed E-state index contributed by atoms with van der Waals surface area (Å²) in [6.45, 7) is 3.60. The maximum absolute atomic E-state index is 11.7. The molecule has 5 nitrogen and oxygen atoms in total. The highest BCUT2D eigenvalue weighted by molar-refractivity contribution is 9.10. The second kappa shape index (κ2) is 4.21. The lowest BCUT2D eigenvalue weighted by molar-refractivity contribution is 0.0380. The van der Waals surface area contributed by atoms with Crippen LogP contribution in [0.25, 0.3) is 5.65 Å². The number of halogens is 1. The molecule has 0 radical (unpaired) electrons. The molecule has 0 bridgehead atoms. The third-order valence-corrected chi connectivity index (χ3v) is 2.30. The van der Waals surface area contributed by atoms with Crippen molar-refractivity contribution in [2.24, 2.45) is 0 Å². The van der Waals surface area contributed by atoms with Gasteiger partial charge in [0.05, 0.1) is 16.8 Å². The average Bonchev–Trinajstić information content (AvgIpc) is 2.59. The minimum absolute atomic E-state index is 0.155. The Morgan fingerprint density at radius 3 is 2.94 bits per heavy atom. The topological polar surface area (TPSA) is 56.5 Å². The molecule has 0 unspecified atom stereocenters. The van der Waals surface area contributed by atoms with Crippen LogP contribution in [0.3, 0.4) is 0 Å². The normalized spacial score (nSPS) is 11.0. The van der Waals surface area contributed by atoms with Crippen molar-refractivity contribution in [2.45, 2.75) is 20.0 Å². The van der Waals surface area contributed by atoms with Gasteiger partial charge in [-0.05, 0) is 29.8 Å². The monoisotopic (exact) mass is 283 g/mol. The molecule has 0 N–H and O–H groups in total. The highest BCUT2D eigenvalue weighted by atomic mass is 79.9. The first-order chi connectivity index (χ1) is 7.58. The van der Waals surface area contributed by atoms with E-state index >= 15 is 0 Å². The van der Waals surface area contributed by atoms with Crippen molar-refractivity contribution in [1.82, 2.24) is 14.6 Å². The van der Waals surface area contributed by atoms with Crippen LogP contribution in [0.5, 0.6) is 0 Å². The van der Waals surface area contributed by atoms with Crippen LogP contribution in [0.4, 0.5) is 0 Å². The van der Waals surface area contributed by atoms with Gasteiger partial charge in [0.15, 0.2) is 5.65 Å². The summed E-state index contributed by atoms with van der Waals surface area (Å²) >= 11 is 3.28. The van der Waals surface area contributed by atoms with E-state index in [1.165, 1.54) is 10.7 Å². The van der Waals surface area contributed by atoms with Crippen LogP contribution in [0.15, 0.2) is 23.1 Å². The number of carbonyl (C=O) groups is 1. The number of fused-ring (bicyclic) bond motifs is 1. The summed E-state index contributed by atoms with van der Waals surface area (Å²) in [6.07, 6.45) is 4.65. The first-order valence-corrected chi connectivity index (χ1v) is 5.57. The number of hydrogen-bond acceptors (Lipinski definition) is 4. The number of rotatable bonds is 2. The van der Waals surface area contributed by atoms with Crippen LogP contribution in [0.2, 0.25) is 0 Å². The summed E-state index contributed by atoms with van der Waals surface area (Å²) in [5, 5.41) is 4.03. The van der Waals surface area contributed by atoms with Gasteiger partial charge < -0.3 is 4.74 Å². The van der Waals surface area contributed by atoms with Gasteiger partial charge in [-0.3, -0.25) is 0 Å². The zero-order valence-electron chi connectivity index (χ0n) is 8.85. The Balaban J connectivity index is 2.42. The van der Waals surface area contributed by atoms with Crippen molar-refractivity contribution in [3.63, 3.8) is 0 Å². The zero-order chi connectivity index (χ0) is 11.7. The smallest absolute Gasteiger partial charge is 0.343 e. The first kappa shape index (κ1) is 11.1. The van der Waals surface area contributed by atoms with E-state index in [1.807, 2.05) is 0 Å². The highest BCUT2D eigenvalue weighted by Crippen LogP contribution is 2.13. The molecule has 0 aliphatic carbocycles. The Morgan fingerprint density at radius 2 is 2.25 bits per heavy atom. The first-order valence-electron chi connectivity index (χ1n) is 4.78. The second-order valence-corrected chi connectivity index (χ2v) is 4.47. The van der Waals surface area contributed by atoms with Gasteiger partial charge in [-0.2, -0.15) is 5.10 Å². The number of hydrogen-bond donors (Lipinski definition) is 0. The van der Waals surface area contributed by atoms with Crippen LogP contribution in [-0.4, -0.2) is 26.7 Å². The minimum Gasteiger partial charge on any atom is -0.459 e. The van der Waals surface area contributed by atoms with Crippen molar-refractivity contribution in [1.29, 1.82) is 0 Å². The molecule has 0 aromatic carbocycles. The third-order valence-electron chi connectivity index (χ3n) is 1.89.